The highest BCUT2D eigenvalue weighted by molar-refractivity contribution is 6.08. The van der Waals surface area contributed by atoms with Crippen molar-refractivity contribution in [1.82, 2.24) is 15.5 Å². The first-order chi connectivity index (χ1) is 9.27. The van der Waals surface area contributed by atoms with Crippen LogP contribution >= 0.6 is 12.4 Å². The van der Waals surface area contributed by atoms with E-state index in [4.69, 9.17) is 5.73 Å². The Kier molecular flexibility index (Phi) is 4.36. The molecule has 1 fully saturated rings. The summed E-state index contributed by atoms with van der Waals surface area (Å²) < 4.78 is 0. The van der Waals surface area contributed by atoms with Crippen LogP contribution < -0.4 is 16.0 Å². The number of aromatic nitrogens is 2. The van der Waals surface area contributed by atoms with Gasteiger partial charge in [-0.2, -0.15) is 5.10 Å². The normalized spacial score (nSPS) is 14.9. The summed E-state index contributed by atoms with van der Waals surface area (Å²) >= 11 is 0. The lowest BCUT2D eigenvalue weighted by Gasteiger charge is -2.30. The Labute approximate surface area is 122 Å². The number of carbonyl (C=O) groups excluding carboxylic acids is 1. The van der Waals surface area contributed by atoms with Crippen LogP contribution in [0.4, 0.5) is 5.69 Å². The highest BCUT2D eigenvalue weighted by Crippen LogP contribution is 2.27. The number of amides is 1. The van der Waals surface area contributed by atoms with Crippen molar-refractivity contribution in [3.05, 3.63) is 30.0 Å². The summed E-state index contributed by atoms with van der Waals surface area (Å²) in [6.45, 7) is 3.79. The quantitative estimate of drug-likeness (QED) is 0.845. The first kappa shape index (κ1) is 14.5. The first-order valence-electron chi connectivity index (χ1n) is 6.27. The average molecular weight is 294 g/mol. The maximum absolute atomic E-state index is 11.4. The second kappa shape index (κ2) is 6.02. The Balaban J connectivity index is 0.00000147. The number of carbonyl (C=O) groups is 1. The molecule has 1 aliphatic heterocycles. The van der Waals surface area contributed by atoms with Crippen molar-refractivity contribution in [1.29, 1.82) is 0 Å². The van der Waals surface area contributed by atoms with E-state index in [-0.39, 0.29) is 12.4 Å². The third-order valence-corrected chi connectivity index (χ3v) is 3.38. The Morgan fingerprint density at radius 3 is 2.70 bits per heavy atom. The molecule has 20 heavy (non-hydrogen) atoms. The number of fused-ring (bicyclic) bond motifs is 1. The van der Waals surface area contributed by atoms with E-state index in [9.17, 15) is 4.79 Å². The van der Waals surface area contributed by atoms with Crippen LogP contribution in [-0.2, 0) is 0 Å². The van der Waals surface area contributed by atoms with E-state index in [1.165, 1.54) is 0 Å². The van der Waals surface area contributed by atoms with Crippen LogP contribution in [0.15, 0.2) is 24.4 Å². The van der Waals surface area contributed by atoms with Crippen molar-refractivity contribution in [2.24, 2.45) is 5.73 Å². The molecule has 1 saturated heterocycles. The van der Waals surface area contributed by atoms with Gasteiger partial charge in [-0.15, -0.1) is 17.5 Å². The zero-order chi connectivity index (χ0) is 13.2. The monoisotopic (exact) mass is 293 g/mol. The Hall–Kier alpha value is -1.92. The van der Waals surface area contributed by atoms with Crippen LogP contribution in [0.25, 0.3) is 10.9 Å². The number of piperazine rings is 1. The van der Waals surface area contributed by atoms with Gasteiger partial charge in [-0.25, -0.2) is 0 Å². The summed E-state index contributed by atoms with van der Waals surface area (Å²) in [7, 11) is 0. The first-order valence-corrected chi connectivity index (χ1v) is 6.27. The van der Waals surface area contributed by atoms with Crippen LogP contribution in [0.3, 0.4) is 0 Å². The lowest BCUT2D eigenvalue weighted by atomic mass is 10.1. The number of hydrogen-bond acceptors (Lipinski definition) is 5. The Bertz CT molecular complexity index is 627. The van der Waals surface area contributed by atoms with E-state index in [2.05, 4.69) is 20.4 Å². The second-order valence-electron chi connectivity index (χ2n) is 4.53. The van der Waals surface area contributed by atoms with Crippen LogP contribution in [-0.4, -0.2) is 42.3 Å². The molecule has 6 nitrogen and oxygen atoms in total. The fraction of sp³-hybridized carbons (Fsp3) is 0.308. The molecule has 3 N–H and O–H groups in total. The smallest absolute Gasteiger partial charge is 0.250 e. The number of primary amides is 1. The molecule has 1 aliphatic rings. The molecule has 7 heteroatoms. The lowest BCUT2D eigenvalue weighted by Crippen LogP contribution is -2.43. The van der Waals surface area contributed by atoms with Crippen molar-refractivity contribution in [3.8, 4) is 0 Å². The summed E-state index contributed by atoms with van der Waals surface area (Å²) in [5.41, 5.74) is 7.45. The van der Waals surface area contributed by atoms with E-state index in [1.807, 2.05) is 12.1 Å². The highest BCUT2D eigenvalue weighted by atomic mass is 35.5. The number of hydrogen-bond donors (Lipinski definition) is 2. The van der Waals surface area contributed by atoms with Crippen LogP contribution in [0, 0.1) is 0 Å². The summed E-state index contributed by atoms with van der Waals surface area (Å²) in [5.74, 6) is -0.475. The number of anilines is 1. The molecule has 1 aromatic carbocycles. The van der Waals surface area contributed by atoms with Gasteiger partial charge in [0.1, 0.15) is 5.52 Å². The van der Waals surface area contributed by atoms with Gasteiger partial charge in [0.2, 0.25) is 0 Å². The Morgan fingerprint density at radius 1 is 1.25 bits per heavy atom. The molecule has 1 aromatic heterocycles. The number of halogens is 1. The summed E-state index contributed by atoms with van der Waals surface area (Å²) in [6, 6.07) is 5.55. The minimum atomic E-state index is -0.475. The minimum Gasteiger partial charge on any atom is -0.368 e. The predicted molar refractivity (Wildman–Crippen MR) is 80.4 cm³/mol. The standard InChI is InChI=1S/C13H15N5O.ClH/c14-13(19)10-1-2-11(18-7-5-15-6-8-18)9-3-4-16-17-12(9)10;/h1-4,15H,5-8H2,(H2,14,19);1H. The molecule has 3 rings (SSSR count). The third kappa shape index (κ3) is 2.52. The maximum atomic E-state index is 11.4. The number of nitrogens with two attached hydrogens (primary N) is 1. The van der Waals surface area contributed by atoms with Crippen molar-refractivity contribution in [3.63, 3.8) is 0 Å². The molecule has 0 bridgehead atoms. The fourth-order valence-corrected chi connectivity index (χ4v) is 2.45. The summed E-state index contributed by atoms with van der Waals surface area (Å²) in [4.78, 5) is 13.7. The fourth-order valence-electron chi connectivity index (χ4n) is 2.45. The second-order valence-corrected chi connectivity index (χ2v) is 4.53. The van der Waals surface area contributed by atoms with Gasteiger partial charge >= 0.3 is 0 Å². The molecule has 2 aromatic rings. The molecule has 0 atom stereocenters. The summed E-state index contributed by atoms with van der Waals surface area (Å²) in [6.07, 6.45) is 1.64. The topological polar surface area (TPSA) is 84.1 Å². The maximum Gasteiger partial charge on any atom is 0.250 e. The van der Waals surface area contributed by atoms with Crippen molar-refractivity contribution < 1.29 is 4.79 Å². The van der Waals surface area contributed by atoms with Gasteiger partial charge in [0.15, 0.2) is 0 Å². The van der Waals surface area contributed by atoms with Crippen LogP contribution in [0.5, 0.6) is 0 Å². The lowest BCUT2D eigenvalue weighted by molar-refractivity contribution is 0.100. The van der Waals surface area contributed by atoms with E-state index < -0.39 is 5.91 Å². The van der Waals surface area contributed by atoms with Crippen LogP contribution in [0.2, 0.25) is 0 Å². The van der Waals surface area contributed by atoms with Crippen molar-refractivity contribution in [2.45, 2.75) is 0 Å². The summed E-state index contributed by atoms with van der Waals surface area (Å²) in [5, 5.41) is 12.2. The van der Waals surface area contributed by atoms with Gasteiger partial charge in [0.25, 0.3) is 5.91 Å². The third-order valence-electron chi connectivity index (χ3n) is 3.38. The zero-order valence-corrected chi connectivity index (χ0v) is 11.7. The largest absolute Gasteiger partial charge is 0.368 e. The number of rotatable bonds is 2. The van der Waals surface area contributed by atoms with Gasteiger partial charge in [0.05, 0.1) is 11.8 Å². The van der Waals surface area contributed by atoms with Crippen molar-refractivity contribution in [2.75, 3.05) is 31.1 Å². The molecule has 2 heterocycles. The average Bonchev–Trinajstić information content (AvgIpc) is 2.47. The molecule has 0 radical (unpaired) electrons. The molecule has 106 valence electrons. The van der Waals surface area contributed by atoms with Gasteiger partial charge in [-0.1, -0.05) is 0 Å². The van der Waals surface area contributed by atoms with Crippen molar-refractivity contribution >= 4 is 34.9 Å². The molecule has 0 unspecified atom stereocenters. The van der Waals surface area contributed by atoms with Gasteiger partial charge in [-0.3, -0.25) is 4.79 Å². The molecule has 0 spiro atoms. The minimum absolute atomic E-state index is 0. The number of nitrogens with zero attached hydrogens (tertiary/aromatic N) is 3. The molecular weight excluding hydrogens is 278 g/mol. The predicted octanol–water partition coefficient (Wildman–Crippen LogP) is 0.560. The molecule has 0 aliphatic carbocycles. The number of nitrogens with one attached hydrogen (secondary N) is 1. The van der Waals surface area contributed by atoms with Crippen LogP contribution in [0.1, 0.15) is 10.4 Å². The van der Waals surface area contributed by atoms with E-state index in [0.29, 0.717) is 11.1 Å². The number of benzene rings is 1. The van der Waals surface area contributed by atoms with Gasteiger partial charge in [0, 0.05) is 37.3 Å². The molecular formula is C13H16ClN5O. The van der Waals surface area contributed by atoms with E-state index >= 15 is 0 Å². The van der Waals surface area contributed by atoms with E-state index in [0.717, 1.165) is 37.3 Å². The van der Waals surface area contributed by atoms with E-state index in [1.54, 1.807) is 12.3 Å². The molecule has 1 amide bonds. The Morgan fingerprint density at radius 2 is 2.00 bits per heavy atom. The van der Waals surface area contributed by atoms with Gasteiger partial charge < -0.3 is 16.0 Å². The molecule has 0 saturated carbocycles. The van der Waals surface area contributed by atoms with Gasteiger partial charge in [-0.05, 0) is 18.2 Å². The zero-order valence-electron chi connectivity index (χ0n) is 10.9. The SMILES string of the molecule is Cl.NC(=O)c1ccc(N2CCNCC2)c2ccnnc12. The highest BCUT2D eigenvalue weighted by Gasteiger charge is 2.17.